The number of carbonyl (C=O) groups excluding carboxylic acids is 1. The maximum atomic E-state index is 12.1. The van der Waals surface area contributed by atoms with Gasteiger partial charge in [0.2, 0.25) is 0 Å². The number of carbonyl (C=O) groups is 1. The first-order valence-electron chi connectivity index (χ1n) is 6.85. The SMILES string of the molecule is CCOCc1cccc(NC(=O)c2csc(CCN)n2)c1.Cl. The quantitative estimate of drug-likeness (QED) is 0.811. The van der Waals surface area contributed by atoms with Crippen LogP contribution in [0.1, 0.15) is 28.0 Å². The average Bonchev–Trinajstić information content (AvgIpc) is 2.95. The Bertz CT molecular complexity index is 604. The van der Waals surface area contributed by atoms with E-state index in [-0.39, 0.29) is 18.3 Å². The number of ether oxygens (including phenoxy) is 1. The molecule has 1 aromatic heterocycles. The van der Waals surface area contributed by atoms with Crippen molar-refractivity contribution in [2.75, 3.05) is 18.5 Å². The number of benzene rings is 1. The van der Waals surface area contributed by atoms with Crippen LogP contribution in [0.15, 0.2) is 29.6 Å². The van der Waals surface area contributed by atoms with Crippen LogP contribution in [0.25, 0.3) is 0 Å². The zero-order chi connectivity index (χ0) is 15.1. The third-order valence-corrected chi connectivity index (χ3v) is 3.71. The number of nitrogens with zero attached hydrogens (tertiary/aromatic N) is 1. The zero-order valence-corrected chi connectivity index (χ0v) is 14.0. The third-order valence-electron chi connectivity index (χ3n) is 2.80. The summed E-state index contributed by atoms with van der Waals surface area (Å²) < 4.78 is 5.36. The Kier molecular flexibility index (Phi) is 8.05. The van der Waals surface area contributed by atoms with E-state index in [9.17, 15) is 4.79 Å². The van der Waals surface area contributed by atoms with Crippen LogP contribution in [0.5, 0.6) is 0 Å². The predicted octanol–water partition coefficient (Wildman–Crippen LogP) is 2.85. The molecule has 2 aromatic rings. The molecule has 3 N–H and O–H groups in total. The second kappa shape index (κ2) is 9.53. The van der Waals surface area contributed by atoms with E-state index in [2.05, 4.69) is 10.3 Å². The third kappa shape index (κ3) is 5.38. The summed E-state index contributed by atoms with van der Waals surface area (Å²) in [6.45, 7) is 3.69. The highest BCUT2D eigenvalue weighted by molar-refractivity contribution is 7.09. The normalized spacial score (nSPS) is 10.1. The van der Waals surface area contributed by atoms with Crippen molar-refractivity contribution in [1.29, 1.82) is 0 Å². The van der Waals surface area contributed by atoms with Crippen LogP contribution in [0, 0.1) is 0 Å². The molecule has 7 heteroatoms. The highest BCUT2D eigenvalue weighted by Crippen LogP contribution is 2.15. The van der Waals surface area contributed by atoms with E-state index in [0.29, 0.717) is 31.9 Å². The number of nitrogens with one attached hydrogen (secondary N) is 1. The largest absolute Gasteiger partial charge is 0.377 e. The highest BCUT2D eigenvalue weighted by Gasteiger charge is 2.11. The van der Waals surface area contributed by atoms with Crippen LogP contribution in [0.4, 0.5) is 5.69 Å². The molecule has 0 radical (unpaired) electrons. The van der Waals surface area contributed by atoms with E-state index in [1.165, 1.54) is 11.3 Å². The van der Waals surface area contributed by atoms with Gasteiger partial charge in [0.1, 0.15) is 5.69 Å². The van der Waals surface area contributed by atoms with Gasteiger partial charge in [-0.25, -0.2) is 4.98 Å². The van der Waals surface area contributed by atoms with E-state index >= 15 is 0 Å². The second-order valence-corrected chi connectivity index (χ2v) is 5.40. The van der Waals surface area contributed by atoms with Crippen molar-refractivity contribution in [1.82, 2.24) is 4.98 Å². The Labute approximate surface area is 140 Å². The monoisotopic (exact) mass is 341 g/mol. The predicted molar refractivity (Wildman–Crippen MR) is 91.8 cm³/mol. The van der Waals surface area contributed by atoms with Gasteiger partial charge in [0.25, 0.3) is 5.91 Å². The van der Waals surface area contributed by atoms with Gasteiger partial charge < -0.3 is 15.8 Å². The van der Waals surface area contributed by atoms with Gasteiger partial charge >= 0.3 is 0 Å². The van der Waals surface area contributed by atoms with Gasteiger partial charge in [-0.1, -0.05) is 12.1 Å². The van der Waals surface area contributed by atoms with Gasteiger partial charge in [-0.15, -0.1) is 23.7 Å². The topological polar surface area (TPSA) is 77.2 Å². The number of amides is 1. The highest BCUT2D eigenvalue weighted by atomic mass is 35.5. The number of rotatable bonds is 7. The van der Waals surface area contributed by atoms with Crippen molar-refractivity contribution in [3.8, 4) is 0 Å². The number of hydrogen-bond acceptors (Lipinski definition) is 5. The van der Waals surface area contributed by atoms with Crippen molar-refractivity contribution in [2.45, 2.75) is 20.0 Å². The molecule has 0 bridgehead atoms. The summed E-state index contributed by atoms with van der Waals surface area (Å²) in [5.41, 5.74) is 7.68. The minimum atomic E-state index is -0.205. The Balaban J connectivity index is 0.00000242. The standard InChI is InChI=1S/C15H19N3O2S.ClH/c1-2-20-9-11-4-3-5-12(8-11)17-15(19)13-10-21-14(18-13)6-7-16;/h3-5,8,10H,2,6-7,9,16H2,1H3,(H,17,19);1H. The number of thiazole rings is 1. The minimum Gasteiger partial charge on any atom is -0.377 e. The fraction of sp³-hybridized carbons (Fsp3) is 0.333. The molecular weight excluding hydrogens is 322 g/mol. The average molecular weight is 342 g/mol. The Morgan fingerprint density at radius 3 is 3.00 bits per heavy atom. The van der Waals surface area contributed by atoms with E-state index in [1.807, 2.05) is 31.2 Å². The van der Waals surface area contributed by atoms with Crippen LogP contribution >= 0.6 is 23.7 Å². The lowest BCUT2D eigenvalue weighted by atomic mass is 10.2. The Hall–Kier alpha value is -1.47. The number of halogens is 1. The molecule has 0 spiro atoms. The van der Waals surface area contributed by atoms with Crippen molar-refractivity contribution in [3.05, 3.63) is 45.9 Å². The molecule has 0 aliphatic rings. The Morgan fingerprint density at radius 1 is 1.45 bits per heavy atom. The van der Waals surface area contributed by atoms with Crippen molar-refractivity contribution < 1.29 is 9.53 Å². The number of hydrogen-bond donors (Lipinski definition) is 2. The van der Waals surface area contributed by atoms with E-state index in [1.54, 1.807) is 5.38 Å². The molecule has 0 atom stereocenters. The van der Waals surface area contributed by atoms with Crippen molar-refractivity contribution >= 4 is 35.3 Å². The van der Waals surface area contributed by atoms with Crippen LogP contribution in [0.3, 0.4) is 0 Å². The summed E-state index contributed by atoms with van der Waals surface area (Å²) in [6.07, 6.45) is 0.696. The van der Waals surface area contributed by atoms with E-state index < -0.39 is 0 Å². The van der Waals surface area contributed by atoms with Crippen molar-refractivity contribution in [2.24, 2.45) is 5.73 Å². The van der Waals surface area contributed by atoms with Gasteiger partial charge in [0.05, 0.1) is 11.6 Å². The van der Waals surface area contributed by atoms with Crippen molar-refractivity contribution in [3.63, 3.8) is 0 Å². The first-order valence-corrected chi connectivity index (χ1v) is 7.73. The van der Waals surface area contributed by atoms with E-state index in [0.717, 1.165) is 16.3 Å². The first-order chi connectivity index (χ1) is 10.2. The summed E-state index contributed by atoms with van der Waals surface area (Å²) in [6, 6.07) is 7.61. The van der Waals surface area contributed by atoms with Crippen LogP contribution in [0.2, 0.25) is 0 Å². The summed E-state index contributed by atoms with van der Waals surface area (Å²) >= 11 is 1.46. The fourth-order valence-corrected chi connectivity index (χ4v) is 2.60. The lowest BCUT2D eigenvalue weighted by Gasteiger charge is -2.06. The maximum absolute atomic E-state index is 12.1. The zero-order valence-electron chi connectivity index (χ0n) is 12.4. The summed E-state index contributed by atoms with van der Waals surface area (Å²) in [7, 11) is 0. The summed E-state index contributed by atoms with van der Waals surface area (Å²) in [4.78, 5) is 16.4. The summed E-state index contributed by atoms with van der Waals surface area (Å²) in [5.74, 6) is -0.205. The lowest BCUT2D eigenvalue weighted by molar-refractivity contribution is 0.102. The van der Waals surface area contributed by atoms with Gasteiger partial charge in [-0.05, 0) is 31.2 Å². The lowest BCUT2D eigenvalue weighted by Crippen LogP contribution is -2.13. The molecular formula is C15H20ClN3O2S. The number of anilines is 1. The van der Waals surface area contributed by atoms with Gasteiger partial charge in [-0.2, -0.15) is 0 Å². The van der Waals surface area contributed by atoms with E-state index in [4.69, 9.17) is 10.5 Å². The molecule has 22 heavy (non-hydrogen) atoms. The molecule has 0 saturated heterocycles. The van der Waals surface area contributed by atoms with Crippen LogP contribution < -0.4 is 11.1 Å². The number of nitrogens with two attached hydrogens (primary N) is 1. The molecule has 5 nitrogen and oxygen atoms in total. The van der Waals surface area contributed by atoms with Gasteiger partial charge in [0, 0.05) is 24.1 Å². The van der Waals surface area contributed by atoms with Crippen LogP contribution in [-0.4, -0.2) is 24.0 Å². The first kappa shape index (κ1) is 18.6. The molecule has 120 valence electrons. The molecule has 1 aromatic carbocycles. The van der Waals surface area contributed by atoms with Gasteiger partial charge in [-0.3, -0.25) is 4.79 Å². The molecule has 0 unspecified atom stereocenters. The summed E-state index contributed by atoms with van der Waals surface area (Å²) in [5, 5.41) is 5.49. The molecule has 1 amide bonds. The smallest absolute Gasteiger partial charge is 0.275 e. The number of aromatic nitrogens is 1. The van der Waals surface area contributed by atoms with Crippen LogP contribution in [-0.2, 0) is 17.8 Å². The molecule has 1 heterocycles. The van der Waals surface area contributed by atoms with Gasteiger partial charge in [0.15, 0.2) is 0 Å². The Morgan fingerprint density at radius 2 is 2.27 bits per heavy atom. The molecule has 0 saturated carbocycles. The maximum Gasteiger partial charge on any atom is 0.275 e. The molecule has 0 aliphatic heterocycles. The molecule has 0 aliphatic carbocycles. The fourth-order valence-electron chi connectivity index (χ4n) is 1.81. The molecule has 2 rings (SSSR count). The second-order valence-electron chi connectivity index (χ2n) is 4.46. The molecule has 0 fully saturated rings. The minimum absolute atomic E-state index is 0.